The van der Waals surface area contributed by atoms with Crippen LogP contribution in [-0.4, -0.2) is 18.9 Å². The molecule has 1 rings (SSSR count). The second-order valence-electron chi connectivity index (χ2n) is 1.30. The number of ether oxygens (including phenoxy) is 1. The van der Waals surface area contributed by atoms with Crippen LogP contribution >= 0.6 is 9.24 Å². The Morgan fingerprint density at radius 1 is 1.60 bits per heavy atom. The van der Waals surface area contributed by atoms with E-state index in [1.54, 1.807) is 0 Å². The van der Waals surface area contributed by atoms with Gasteiger partial charge in [0.05, 0.1) is 13.2 Å². The second kappa shape index (κ2) is 1.24. The highest BCUT2D eigenvalue weighted by atomic mass is 31.0. The minimum Gasteiger partial charge on any atom is -0.380 e. The summed E-state index contributed by atoms with van der Waals surface area (Å²) in [5, 5.41) is 0. The molecule has 0 aromatic heterocycles. The highest BCUT2D eigenvalue weighted by molar-refractivity contribution is 7.17. The zero-order valence-electron chi connectivity index (χ0n) is 2.98. The van der Waals surface area contributed by atoms with E-state index < -0.39 is 0 Å². The van der Waals surface area contributed by atoms with Gasteiger partial charge in [-0.1, -0.05) is 0 Å². The van der Waals surface area contributed by atoms with Gasteiger partial charge in [-0.3, -0.25) is 0 Å². The van der Waals surface area contributed by atoms with Crippen LogP contribution in [0.25, 0.3) is 0 Å². The summed E-state index contributed by atoms with van der Waals surface area (Å²) in [6, 6.07) is 0. The Hall–Kier alpha value is 0.390. The molecule has 1 saturated heterocycles. The Morgan fingerprint density at radius 3 is 2.00 bits per heavy atom. The fourth-order valence-electron chi connectivity index (χ4n) is 0.254. The second-order valence-corrected chi connectivity index (χ2v) is 2.24. The molecular formula is C3H7OP. The van der Waals surface area contributed by atoms with Crippen LogP contribution in [0.15, 0.2) is 0 Å². The molecule has 2 heteroatoms. The van der Waals surface area contributed by atoms with Crippen LogP contribution < -0.4 is 0 Å². The van der Waals surface area contributed by atoms with E-state index >= 15 is 0 Å². The lowest BCUT2D eigenvalue weighted by atomic mass is 10.4. The van der Waals surface area contributed by atoms with E-state index in [0.29, 0.717) is 0 Å². The third-order valence-corrected chi connectivity index (χ3v) is 1.05. The van der Waals surface area contributed by atoms with Gasteiger partial charge in [-0.2, -0.15) is 0 Å². The Labute approximate surface area is 33.9 Å². The van der Waals surface area contributed by atoms with Crippen LogP contribution in [0.3, 0.4) is 0 Å². The third-order valence-electron chi connectivity index (χ3n) is 0.664. The maximum Gasteiger partial charge on any atom is 0.0551 e. The largest absolute Gasteiger partial charge is 0.380 e. The molecule has 0 aromatic carbocycles. The van der Waals surface area contributed by atoms with E-state index in [4.69, 9.17) is 4.74 Å². The van der Waals surface area contributed by atoms with Gasteiger partial charge in [-0.05, 0) is 0 Å². The Balaban J connectivity index is 2.08. The summed E-state index contributed by atoms with van der Waals surface area (Å²) in [4.78, 5) is 0. The van der Waals surface area contributed by atoms with Crippen LogP contribution in [-0.2, 0) is 4.74 Å². The Kier molecular flexibility index (Phi) is 0.884. The lowest BCUT2D eigenvalue weighted by molar-refractivity contribution is 0.0451. The maximum atomic E-state index is 4.81. The van der Waals surface area contributed by atoms with Crippen molar-refractivity contribution in [3.63, 3.8) is 0 Å². The molecule has 0 aromatic rings. The molecule has 1 nitrogen and oxygen atoms in total. The zero-order chi connectivity index (χ0) is 3.70. The summed E-state index contributed by atoms with van der Waals surface area (Å²) in [6.45, 7) is 1.90. The van der Waals surface area contributed by atoms with Crippen molar-refractivity contribution >= 4 is 9.24 Å². The number of hydrogen-bond acceptors (Lipinski definition) is 1. The standard InChI is InChI=1S/C3H7OP/c5-3-1-4-2-3/h3H,1-2,5H2. The van der Waals surface area contributed by atoms with Crippen molar-refractivity contribution in [2.24, 2.45) is 0 Å². The van der Waals surface area contributed by atoms with Gasteiger partial charge in [0, 0.05) is 5.66 Å². The van der Waals surface area contributed by atoms with Gasteiger partial charge in [-0.15, -0.1) is 9.24 Å². The quantitative estimate of drug-likeness (QED) is 0.388. The molecule has 0 bridgehead atoms. The van der Waals surface area contributed by atoms with Gasteiger partial charge < -0.3 is 4.74 Å². The lowest BCUT2D eigenvalue weighted by Gasteiger charge is -2.20. The first kappa shape index (κ1) is 3.58. The molecule has 30 valence electrons. The molecule has 1 fully saturated rings. The number of hydrogen-bond donors (Lipinski definition) is 0. The fourth-order valence-corrected chi connectivity index (χ4v) is 0.526. The van der Waals surface area contributed by atoms with Crippen molar-refractivity contribution in [2.75, 3.05) is 13.2 Å². The van der Waals surface area contributed by atoms with Crippen LogP contribution in [0.2, 0.25) is 0 Å². The molecule has 0 spiro atoms. The smallest absolute Gasteiger partial charge is 0.0551 e. The summed E-state index contributed by atoms with van der Waals surface area (Å²) in [7, 11) is 2.70. The van der Waals surface area contributed by atoms with Crippen LogP contribution in [0.4, 0.5) is 0 Å². The van der Waals surface area contributed by atoms with E-state index in [9.17, 15) is 0 Å². The van der Waals surface area contributed by atoms with Gasteiger partial charge in [0.1, 0.15) is 0 Å². The molecule has 0 amide bonds. The Morgan fingerprint density at radius 2 is 2.00 bits per heavy atom. The van der Waals surface area contributed by atoms with Gasteiger partial charge in [0.2, 0.25) is 0 Å². The summed E-state index contributed by atoms with van der Waals surface area (Å²) in [6.07, 6.45) is 0. The highest BCUT2D eigenvalue weighted by Crippen LogP contribution is 2.09. The summed E-state index contributed by atoms with van der Waals surface area (Å²) >= 11 is 0. The molecule has 1 aliphatic rings. The number of rotatable bonds is 0. The minimum atomic E-state index is 0.759. The molecule has 0 N–H and O–H groups in total. The van der Waals surface area contributed by atoms with E-state index in [1.807, 2.05) is 0 Å². The van der Waals surface area contributed by atoms with Gasteiger partial charge >= 0.3 is 0 Å². The van der Waals surface area contributed by atoms with Crippen LogP contribution in [0.1, 0.15) is 0 Å². The topological polar surface area (TPSA) is 9.23 Å². The van der Waals surface area contributed by atoms with Gasteiger partial charge in [-0.25, -0.2) is 0 Å². The molecule has 0 radical (unpaired) electrons. The van der Waals surface area contributed by atoms with E-state index in [-0.39, 0.29) is 0 Å². The molecular weight excluding hydrogens is 83.0 g/mol. The average molecular weight is 90.1 g/mol. The van der Waals surface area contributed by atoms with Crippen LogP contribution in [0.5, 0.6) is 0 Å². The van der Waals surface area contributed by atoms with Crippen molar-refractivity contribution in [3.8, 4) is 0 Å². The fraction of sp³-hybridized carbons (Fsp3) is 1.00. The van der Waals surface area contributed by atoms with E-state index in [1.165, 1.54) is 0 Å². The SMILES string of the molecule is PC1COC1. The maximum absolute atomic E-state index is 4.81. The molecule has 0 saturated carbocycles. The summed E-state index contributed by atoms with van der Waals surface area (Å²) in [5.41, 5.74) is 0.759. The molecule has 1 unspecified atom stereocenters. The molecule has 1 aliphatic heterocycles. The average Bonchev–Trinajstić information content (AvgIpc) is 1.30. The predicted octanol–water partition coefficient (Wildman–Crippen LogP) is 0.260. The summed E-state index contributed by atoms with van der Waals surface area (Å²) in [5.74, 6) is 0. The predicted molar refractivity (Wildman–Crippen MR) is 24.3 cm³/mol. The molecule has 1 atom stereocenters. The normalized spacial score (nSPS) is 25.8. The van der Waals surface area contributed by atoms with E-state index in [0.717, 1.165) is 18.9 Å². The van der Waals surface area contributed by atoms with Crippen molar-refractivity contribution in [3.05, 3.63) is 0 Å². The van der Waals surface area contributed by atoms with Gasteiger partial charge in [0.25, 0.3) is 0 Å². The minimum absolute atomic E-state index is 0.759. The molecule has 0 aliphatic carbocycles. The van der Waals surface area contributed by atoms with E-state index in [2.05, 4.69) is 9.24 Å². The van der Waals surface area contributed by atoms with Crippen molar-refractivity contribution in [1.82, 2.24) is 0 Å². The first-order valence-electron chi connectivity index (χ1n) is 1.73. The van der Waals surface area contributed by atoms with Gasteiger partial charge in [0.15, 0.2) is 0 Å². The monoisotopic (exact) mass is 90.0 g/mol. The first-order valence-corrected chi connectivity index (χ1v) is 2.39. The highest BCUT2D eigenvalue weighted by Gasteiger charge is 2.10. The zero-order valence-corrected chi connectivity index (χ0v) is 4.13. The summed E-state index contributed by atoms with van der Waals surface area (Å²) < 4.78 is 4.81. The third kappa shape index (κ3) is 0.614. The van der Waals surface area contributed by atoms with Crippen molar-refractivity contribution < 1.29 is 4.74 Å². The Bertz CT molecular complexity index is 33.9. The first-order chi connectivity index (χ1) is 2.39. The molecule has 1 heterocycles. The van der Waals surface area contributed by atoms with Crippen molar-refractivity contribution in [1.29, 1.82) is 0 Å². The molecule has 5 heavy (non-hydrogen) atoms. The van der Waals surface area contributed by atoms with Crippen LogP contribution in [0, 0.1) is 0 Å². The van der Waals surface area contributed by atoms with Crippen molar-refractivity contribution in [2.45, 2.75) is 5.66 Å². The lowest BCUT2D eigenvalue weighted by Crippen LogP contribution is -2.26.